The van der Waals surface area contributed by atoms with Crippen LogP contribution in [-0.2, 0) is 6.42 Å². The fourth-order valence-corrected chi connectivity index (χ4v) is 1.78. The van der Waals surface area contributed by atoms with Gasteiger partial charge in [-0.1, -0.05) is 0 Å². The van der Waals surface area contributed by atoms with Gasteiger partial charge in [-0.3, -0.25) is 4.98 Å². The molecule has 1 aromatic rings. The molecule has 0 aromatic carbocycles. The first-order valence-electron chi connectivity index (χ1n) is 5.43. The van der Waals surface area contributed by atoms with Crippen molar-refractivity contribution < 1.29 is 5.11 Å². The standard InChI is InChI=1S/C12H17NO/c14-12(11-4-5-11)3-1-2-10-6-8-13-9-7-10/h6-9,11-12,14H,1-5H2. The zero-order valence-corrected chi connectivity index (χ0v) is 8.39. The van der Waals surface area contributed by atoms with E-state index in [-0.39, 0.29) is 6.10 Å². The summed E-state index contributed by atoms with van der Waals surface area (Å²) >= 11 is 0. The van der Waals surface area contributed by atoms with Gasteiger partial charge in [-0.05, 0) is 55.7 Å². The minimum Gasteiger partial charge on any atom is -0.393 e. The van der Waals surface area contributed by atoms with Crippen LogP contribution in [0.15, 0.2) is 24.5 Å². The van der Waals surface area contributed by atoms with Crippen molar-refractivity contribution in [2.45, 2.75) is 38.2 Å². The number of pyridine rings is 1. The van der Waals surface area contributed by atoms with E-state index in [4.69, 9.17) is 0 Å². The second-order valence-electron chi connectivity index (χ2n) is 4.15. The molecule has 1 unspecified atom stereocenters. The summed E-state index contributed by atoms with van der Waals surface area (Å²) in [6.45, 7) is 0. The highest BCUT2D eigenvalue weighted by Gasteiger charge is 2.28. The molecule has 0 amide bonds. The summed E-state index contributed by atoms with van der Waals surface area (Å²) in [7, 11) is 0. The van der Waals surface area contributed by atoms with E-state index in [2.05, 4.69) is 4.98 Å². The molecular weight excluding hydrogens is 174 g/mol. The smallest absolute Gasteiger partial charge is 0.0568 e. The molecule has 1 N–H and O–H groups in total. The van der Waals surface area contributed by atoms with Crippen LogP contribution in [0.2, 0.25) is 0 Å². The van der Waals surface area contributed by atoms with Gasteiger partial charge in [-0.15, -0.1) is 0 Å². The van der Waals surface area contributed by atoms with Crippen molar-refractivity contribution in [3.05, 3.63) is 30.1 Å². The van der Waals surface area contributed by atoms with Crippen LogP contribution in [0.5, 0.6) is 0 Å². The molecule has 2 nitrogen and oxygen atoms in total. The van der Waals surface area contributed by atoms with Crippen LogP contribution in [-0.4, -0.2) is 16.2 Å². The van der Waals surface area contributed by atoms with Crippen molar-refractivity contribution in [2.24, 2.45) is 5.92 Å². The molecule has 1 aliphatic rings. The summed E-state index contributed by atoms with van der Waals surface area (Å²) in [5.41, 5.74) is 1.32. The second-order valence-corrected chi connectivity index (χ2v) is 4.15. The maximum Gasteiger partial charge on any atom is 0.0568 e. The summed E-state index contributed by atoms with van der Waals surface area (Å²) < 4.78 is 0. The molecule has 1 aliphatic carbocycles. The molecule has 76 valence electrons. The Morgan fingerprint density at radius 1 is 1.36 bits per heavy atom. The normalized spacial score (nSPS) is 18.1. The Morgan fingerprint density at radius 3 is 2.71 bits per heavy atom. The SMILES string of the molecule is OC(CCCc1ccncc1)C1CC1. The molecule has 0 aliphatic heterocycles. The van der Waals surface area contributed by atoms with Crippen LogP contribution in [0, 0.1) is 5.92 Å². The van der Waals surface area contributed by atoms with E-state index >= 15 is 0 Å². The number of aliphatic hydroxyl groups excluding tert-OH is 1. The lowest BCUT2D eigenvalue weighted by Crippen LogP contribution is -2.08. The van der Waals surface area contributed by atoms with Crippen LogP contribution in [0.25, 0.3) is 0 Å². The van der Waals surface area contributed by atoms with Gasteiger partial charge in [0.1, 0.15) is 0 Å². The summed E-state index contributed by atoms with van der Waals surface area (Å²) in [6.07, 6.45) is 9.17. The molecule has 14 heavy (non-hydrogen) atoms. The fraction of sp³-hybridized carbons (Fsp3) is 0.583. The molecule has 2 rings (SSSR count). The summed E-state index contributed by atoms with van der Waals surface area (Å²) in [5, 5.41) is 9.65. The van der Waals surface area contributed by atoms with Crippen molar-refractivity contribution in [1.29, 1.82) is 0 Å². The zero-order chi connectivity index (χ0) is 9.80. The van der Waals surface area contributed by atoms with Gasteiger partial charge < -0.3 is 5.11 Å². The van der Waals surface area contributed by atoms with Crippen LogP contribution in [0.4, 0.5) is 0 Å². The number of aliphatic hydroxyl groups is 1. The largest absolute Gasteiger partial charge is 0.393 e. The fourth-order valence-electron chi connectivity index (χ4n) is 1.78. The molecule has 1 fully saturated rings. The highest BCUT2D eigenvalue weighted by molar-refractivity contribution is 5.09. The molecular formula is C12H17NO. The average Bonchev–Trinajstić information content (AvgIpc) is 3.02. The van der Waals surface area contributed by atoms with Crippen LogP contribution >= 0.6 is 0 Å². The molecule has 0 bridgehead atoms. The number of rotatable bonds is 5. The highest BCUT2D eigenvalue weighted by Crippen LogP contribution is 2.34. The van der Waals surface area contributed by atoms with Gasteiger partial charge in [0.25, 0.3) is 0 Å². The van der Waals surface area contributed by atoms with Crippen molar-refractivity contribution >= 4 is 0 Å². The van der Waals surface area contributed by atoms with E-state index in [1.165, 1.54) is 18.4 Å². The quantitative estimate of drug-likeness (QED) is 0.773. The molecule has 0 radical (unpaired) electrons. The molecule has 2 heteroatoms. The zero-order valence-electron chi connectivity index (χ0n) is 8.39. The van der Waals surface area contributed by atoms with E-state index in [9.17, 15) is 5.11 Å². The van der Waals surface area contributed by atoms with Gasteiger partial charge in [0.15, 0.2) is 0 Å². The molecule has 0 spiro atoms. The average molecular weight is 191 g/mol. The highest BCUT2D eigenvalue weighted by atomic mass is 16.3. The summed E-state index contributed by atoms with van der Waals surface area (Å²) in [5.74, 6) is 0.618. The third-order valence-corrected chi connectivity index (χ3v) is 2.88. The molecule has 1 atom stereocenters. The van der Waals surface area contributed by atoms with Crippen molar-refractivity contribution in [3.63, 3.8) is 0 Å². The Labute approximate surface area is 85.0 Å². The third kappa shape index (κ3) is 2.81. The first-order chi connectivity index (χ1) is 6.86. The van der Waals surface area contributed by atoms with E-state index in [0.717, 1.165) is 19.3 Å². The molecule has 1 heterocycles. The van der Waals surface area contributed by atoms with E-state index < -0.39 is 0 Å². The number of aromatic nitrogens is 1. The van der Waals surface area contributed by atoms with E-state index in [1.807, 2.05) is 24.5 Å². The Morgan fingerprint density at radius 2 is 2.07 bits per heavy atom. The number of hydrogen-bond donors (Lipinski definition) is 1. The third-order valence-electron chi connectivity index (χ3n) is 2.88. The maximum atomic E-state index is 9.65. The predicted molar refractivity (Wildman–Crippen MR) is 55.9 cm³/mol. The van der Waals surface area contributed by atoms with Gasteiger partial charge in [0.05, 0.1) is 6.10 Å². The second kappa shape index (κ2) is 4.56. The van der Waals surface area contributed by atoms with Gasteiger partial charge in [0, 0.05) is 12.4 Å². The number of aryl methyl sites for hydroxylation is 1. The Bertz CT molecular complexity index is 269. The molecule has 0 saturated heterocycles. The first-order valence-corrected chi connectivity index (χ1v) is 5.43. The van der Waals surface area contributed by atoms with Crippen molar-refractivity contribution in [2.75, 3.05) is 0 Å². The Hall–Kier alpha value is -0.890. The number of nitrogens with zero attached hydrogens (tertiary/aromatic N) is 1. The summed E-state index contributed by atoms with van der Waals surface area (Å²) in [6, 6.07) is 4.09. The van der Waals surface area contributed by atoms with Crippen LogP contribution < -0.4 is 0 Å². The van der Waals surface area contributed by atoms with Crippen molar-refractivity contribution in [3.8, 4) is 0 Å². The molecule has 1 saturated carbocycles. The van der Waals surface area contributed by atoms with Gasteiger partial charge in [-0.2, -0.15) is 0 Å². The monoisotopic (exact) mass is 191 g/mol. The molecule has 1 aromatic heterocycles. The topological polar surface area (TPSA) is 33.1 Å². The van der Waals surface area contributed by atoms with Crippen molar-refractivity contribution in [1.82, 2.24) is 4.98 Å². The van der Waals surface area contributed by atoms with Crippen LogP contribution in [0.3, 0.4) is 0 Å². The van der Waals surface area contributed by atoms with Gasteiger partial charge in [0.2, 0.25) is 0 Å². The minimum atomic E-state index is -0.0446. The van der Waals surface area contributed by atoms with Gasteiger partial charge >= 0.3 is 0 Å². The Kier molecular flexibility index (Phi) is 3.14. The lowest BCUT2D eigenvalue weighted by molar-refractivity contribution is 0.139. The first kappa shape index (κ1) is 9.66. The summed E-state index contributed by atoms with van der Waals surface area (Å²) in [4.78, 5) is 3.98. The van der Waals surface area contributed by atoms with E-state index in [1.54, 1.807) is 0 Å². The lowest BCUT2D eigenvalue weighted by Gasteiger charge is -2.08. The predicted octanol–water partition coefficient (Wildman–Crippen LogP) is 2.18. The maximum absolute atomic E-state index is 9.65. The lowest BCUT2D eigenvalue weighted by atomic mass is 10.0. The van der Waals surface area contributed by atoms with E-state index in [0.29, 0.717) is 5.92 Å². The van der Waals surface area contributed by atoms with Crippen LogP contribution in [0.1, 0.15) is 31.2 Å². The minimum absolute atomic E-state index is 0.0446. The number of hydrogen-bond acceptors (Lipinski definition) is 2. The Balaban J connectivity index is 1.67. The van der Waals surface area contributed by atoms with Gasteiger partial charge in [-0.25, -0.2) is 0 Å².